The molecule has 0 aromatic heterocycles. The van der Waals surface area contributed by atoms with Gasteiger partial charge in [0.1, 0.15) is 12.4 Å². The van der Waals surface area contributed by atoms with E-state index >= 15 is 0 Å². The summed E-state index contributed by atoms with van der Waals surface area (Å²) in [6.07, 6.45) is 0. The fourth-order valence-corrected chi connectivity index (χ4v) is 2.52. The zero-order valence-electron chi connectivity index (χ0n) is 16.5. The van der Waals surface area contributed by atoms with Crippen molar-refractivity contribution in [3.05, 3.63) is 64.7 Å². The molecule has 0 atom stereocenters. The second-order valence-electron chi connectivity index (χ2n) is 6.90. The molecule has 0 saturated carbocycles. The van der Waals surface area contributed by atoms with E-state index < -0.39 is 0 Å². The topological polar surface area (TPSA) is 67.4 Å². The van der Waals surface area contributed by atoms with Crippen molar-refractivity contribution in [3.8, 4) is 5.75 Å². The number of carbonyl (C=O) groups excluding carboxylic acids is 2. The molecule has 2 aromatic carbocycles. The quantitative estimate of drug-likeness (QED) is 0.702. The van der Waals surface area contributed by atoms with E-state index in [0.717, 1.165) is 16.9 Å². The van der Waals surface area contributed by atoms with Crippen LogP contribution in [0.5, 0.6) is 5.75 Å². The summed E-state index contributed by atoms with van der Waals surface area (Å²) in [6.45, 7) is 8.92. The smallest absolute Gasteiger partial charge is 0.251 e. The molecule has 0 saturated heterocycles. The lowest BCUT2D eigenvalue weighted by atomic mass is 10.0. The first-order valence-electron chi connectivity index (χ1n) is 9.21. The number of carbonyl (C=O) groups is 2. The monoisotopic (exact) mass is 368 g/mol. The molecule has 0 heterocycles. The lowest BCUT2D eigenvalue weighted by molar-refractivity contribution is -0.120. The third-order valence-corrected chi connectivity index (χ3v) is 4.42. The van der Waals surface area contributed by atoms with Gasteiger partial charge in [0.25, 0.3) is 5.91 Å². The fourth-order valence-electron chi connectivity index (χ4n) is 2.52. The number of aryl methyl sites for hydroxylation is 2. The zero-order valence-corrected chi connectivity index (χ0v) is 16.5. The molecule has 2 N–H and O–H groups in total. The molecule has 0 aliphatic rings. The van der Waals surface area contributed by atoms with Crippen molar-refractivity contribution in [2.75, 3.05) is 19.7 Å². The Kier molecular flexibility index (Phi) is 7.41. The molecule has 0 fully saturated rings. The molecule has 2 rings (SSSR count). The average Bonchev–Trinajstić information content (AvgIpc) is 2.65. The molecule has 2 amide bonds. The summed E-state index contributed by atoms with van der Waals surface area (Å²) in [5.74, 6) is 0.759. The van der Waals surface area contributed by atoms with E-state index in [9.17, 15) is 9.59 Å². The molecule has 5 heteroatoms. The second kappa shape index (κ2) is 9.76. The summed E-state index contributed by atoms with van der Waals surface area (Å²) in [7, 11) is 0. The van der Waals surface area contributed by atoms with E-state index in [1.807, 2.05) is 50.2 Å². The summed E-state index contributed by atoms with van der Waals surface area (Å²) in [6, 6.07) is 13.4. The summed E-state index contributed by atoms with van der Waals surface area (Å²) in [4.78, 5) is 23.9. The minimum Gasteiger partial charge on any atom is -0.492 e. The van der Waals surface area contributed by atoms with Gasteiger partial charge in [-0.1, -0.05) is 32.0 Å². The Hall–Kier alpha value is -2.82. The Morgan fingerprint density at radius 1 is 0.963 bits per heavy atom. The highest BCUT2D eigenvalue weighted by Crippen LogP contribution is 2.18. The van der Waals surface area contributed by atoms with Crippen LogP contribution in [-0.2, 0) is 4.79 Å². The van der Waals surface area contributed by atoms with Gasteiger partial charge in [-0.2, -0.15) is 0 Å². The number of hydrogen-bond donors (Lipinski definition) is 2. The maximum Gasteiger partial charge on any atom is 0.251 e. The van der Waals surface area contributed by atoms with Crippen LogP contribution < -0.4 is 15.4 Å². The van der Waals surface area contributed by atoms with E-state index in [1.54, 1.807) is 6.07 Å². The van der Waals surface area contributed by atoms with Crippen molar-refractivity contribution in [2.24, 2.45) is 0 Å². The summed E-state index contributed by atoms with van der Waals surface area (Å²) < 4.78 is 5.61. The number of ether oxygens (including phenoxy) is 1. The minimum absolute atomic E-state index is 0.0607. The third kappa shape index (κ3) is 6.44. The van der Waals surface area contributed by atoms with Gasteiger partial charge in [-0.3, -0.25) is 9.59 Å². The van der Waals surface area contributed by atoms with Gasteiger partial charge in [0.05, 0.1) is 13.1 Å². The van der Waals surface area contributed by atoms with Crippen LogP contribution in [0.3, 0.4) is 0 Å². The molecule has 144 valence electrons. The summed E-state index contributed by atoms with van der Waals surface area (Å²) in [5, 5.41) is 5.36. The molecular formula is C22H28N2O3. The van der Waals surface area contributed by atoms with Gasteiger partial charge in [0.2, 0.25) is 5.91 Å². The molecule has 27 heavy (non-hydrogen) atoms. The minimum atomic E-state index is -0.255. The van der Waals surface area contributed by atoms with Crippen LogP contribution in [-0.4, -0.2) is 31.5 Å². The first kappa shape index (κ1) is 20.5. The molecule has 0 unspecified atom stereocenters. The lowest BCUT2D eigenvalue weighted by Gasteiger charge is -2.10. The Bertz CT molecular complexity index is 783. The maximum absolute atomic E-state index is 12.1. The van der Waals surface area contributed by atoms with Gasteiger partial charge in [-0.05, 0) is 60.7 Å². The van der Waals surface area contributed by atoms with Crippen molar-refractivity contribution < 1.29 is 14.3 Å². The highest BCUT2D eigenvalue weighted by molar-refractivity contribution is 5.96. The van der Waals surface area contributed by atoms with Crippen molar-refractivity contribution in [1.29, 1.82) is 0 Å². The van der Waals surface area contributed by atoms with E-state index in [4.69, 9.17) is 4.74 Å². The number of nitrogens with one attached hydrogen (secondary N) is 2. The largest absolute Gasteiger partial charge is 0.492 e. The van der Waals surface area contributed by atoms with Gasteiger partial charge < -0.3 is 15.4 Å². The van der Waals surface area contributed by atoms with E-state index in [0.29, 0.717) is 24.6 Å². The predicted molar refractivity (Wildman–Crippen MR) is 107 cm³/mol. The van der Waals surface area contributed by atoms with Crippen LogP contribution >= 0.6 is 0 Å². The van der Waals surface area contributed by atoms with Crippen LogP contribution in [0, 0.1) is 13.8 Å². The summed E-state index contributed by atoms with van der Waals surface area (Å²) in [5.41, 5.74) is 3.99. The highest BCUT2D eigenvalue weighted by atomic mass is 16.5. The van der Waals surface area contributed by atoms with Gasteiger partial charge in [-0.25, -0.2) is 0 Å². The number of hydrogen-bond acceptors (Lipinski definition) is 3. The van der Waals surface area contributed by atoms with Crippen molar-refractivity contribution in [3.63, 3.8) is 0 Å². The van der Waals surface area contributed by atoms with Crippen LogP contribution in [0.2, 0.25) is 0 Å². The molecular weight excluding hydrogens is 340 g/mol. The van der Waals surface area contributed by atoms with Crippen molar-refractivity contribution >= 4 is 11.8 Å². The van der Waals surface area contributed by atoms with Gasteiger partial charge in [0, 0.05) is 5.56 Å². The van der Waals surface area contributed by atoms with Gasteiger partial charge >= 0.3 is 0 Å². The van der Waals surface area contributed by atoms with Crippen molar-refractivity contribution in [1.82, 2.24) is 10.6 Å². The first-order valence-corrected chi connectivity index (χ1v) is 9.21. The Morgan fingerprint density at radius 2 is 1.67 bits per heavy atom. The Balaban J connectivity index is 1.67. The molecule has 2 aromatic rings. The molecule has 0 radical (unpaired) electrons. The predicted octanol–water partition coefficient (Wildman–Crippen LogP) is 3.35. The Morgan fingerprint density at radius 3 is 2.30 bits per heavy atom. The lowest BCUT2D eigenvalue weighted by Crippen LogP contribution is -2.38. The van der Waals surface area contributed by atoms with Crippen LogP contribution in [0.25, 0.3) is 0 Å². The Labute approximate surface area is 161 Å². The number of rotatable bonds is 8. The fraction of sp³-hybridized carbons (Fsp3) is 0.364. The van der Waals surface area contributed by atoms with Crippen LogP contribution in [0.1, 0.15) is 46.8 Å². The average molecular weight is 368 g/mol. The molecule has 0 spiro atoms. The maximum atomic E-state index is 12.1. The number of amides is 2. The second-order valence-corrected chi connectivity index (χ2v) is 6.90. The molecule has 0 aliphatic heterocycles. The van der Waals surface area contributed by atoms with Gasteiger partial charge in [-0.15, -0.1) is 0 Å². The first-order chi connectivity index (χ1) is 12.9. The zero-order chi connectivity index (χ0) is 19.8. The van der Waals surface area contributed by atoms with E-state index in [-0.39, 0.29) is 18.4 Å². The molecule has 0 aliphatic carbocycles. The van der Waals surface area contributed by atoms with Crippen LogP contribution in [0.15, 0.2) is 42.5 Å². The molecule has 5 nitrogen and oxygen atoms in total. The third-order valence-electron chi connectivity index (χ3n) is 4.42. The van der Waals surface area contributed by atoms with E-state index in [2.05, 4.69) is 24.5 Å². The highest BCUT2D eigenvalue weighted by Gasteiger charge is 2.08. The standard InChI is InChI=1S/C22H28N2O3/c1-15(2)18-7-9-20(10-8-18)27-12-11-23-21(25)14-24-22(26)19-6-5-16(3)17(4)13-19/h5-10,13,15H,11-12,14H2,1-4H3,(H,23,25)(H,24,26). The van der Waals surface area contributed by atoms with Crippen molar-refractivity contribution in [2.45, 2.75) is 33.6 Å². The molecule has 0 bridgehead atoms. The van der Waals surface area contributed by atoms with Gasteiger partial charge in [0.15, 0.2) is 0 Å². The SMILES string of the molecule is Cc1ccc(C(=O)NCC(=O)NCCOc2ccc(C(C)C)cc2)cc1C. The summed E-state index contributed by atoms with van der Waals surface area (Å²) >= 11 is 0. The normalized spacial score (nSPS) is 10.6. The van der Waals surface area contributed by atoms with E-state index in [1.165, 1.54) is 5.56 Å². The van der Waals surface area contributed by atoms with Crippen LogP contribution in [0.4, 0.5) is 0 Å². The number of benzene rings is 2.